The van der Waals surface area contributed by atoms with Crippen LogP contribution in [0.3, 0.4) is 0 Å². The molecule has 0 radical (unpaired) electrons. The Morgan fingerprint density at radius 1 is 1.27 bits per heavy atom. The van der Waals surface area contributed by atoms with E-state index in [9.17, 15) is 0 Å². The van der Waals surface area contributed by atoms with Crippen molar-refractivity contribution in [3.05, 3.63) is 37.0 Å². The predicted molar refractivity (Wildman–Crippen MR) is 111 cm³/mol. The molecule has 0 saturated carbocycles. The minimum Gasteiger partial charge on any atom is -0.340 e. The van der Waals surface area contributed by atoms with Crippen molar-refractivity contribution in [2.75, 3.05) is 0 Å². The van der Waals surface area contributed by atoms with Gasteiger partial charge in [0.25, 0.3) is 0 Å². The van der Waals surface area contributed by atoms with Gasteiger partial charge in [0, 0.05) is 5.41 Å². The number of hydrogen-bond acceptors (Lipinski definition) is 2. The molecule has 0 spiro atoms. The number of allylic oxidation sites excluding steroid dienone is 2. The molecule has 0 aromatic heterocycles. The van der Waals surface area contributed by atoms with Crippen molar-refractivity contribution >= 4 is 0 Å². The van der Waals surface area contributed by atoms with Crippen LogP contribution in [0.1, 0.15) is 86.5 Å². The summed E-state index contributed by atoms with van der Waals surface area (Å²) in [5.41, 5.74) is 0.942. The number of hydrogen-bond donors (Lipinski definition) is 0. The van der Waals surface area contributed by atoms with Crippen molar-refractivity contribution in [3.8, 4) is 0 Å². The van der Waals surface area contributed by atoms with Crippen LogP contribution in [0.5, 0.6) is 0 Å². The lowest BCUT2D eigenvalue weighted by Gasteiger charge is -2.48. The average molecular weight is 361 g/mol. The van der Waals surface area contributed by atoms with Gasteiger partial charge in [-0.2, -0.15) is 0 Å². The summed E-state index contributed by atoms with van der Waals surface area (Å²) in [7, 11) is 0. The fourth-order valence-electron chi connectivity index (χ4n) is 4.90. The Hall–Kier alpha value is -0.860. The van der Waals surface area contributed by atoms with E-state index in [1.807, 2.05) is 0 Å². The lowest BCUT2D eigenvalue weighted by molar-refractivity contribution is -0.182. The summed E-state index contributed by atoms with van der Waals surface area (Å²) in [6, 6.07) is 0. The van der Waals surface area contributed by atoms with Crippen LogP contribution in [0.25, 0.3) is 0 Å². The van der Waals surface area contributed by atoms with Gasteiger partial charge in [0.1, 0.15) is 11.7 Å². The van der Waals surface area contributed by atoms with E-state index in [0.29, 0.717) is 0 Å². The third-order valence-electron chi connectivity index (χ3n) is 6.63. The van der Waals surface area contributed by atoms with Gasteiger partial charge < -0.3 is 9.47 Å². The van der Waals surface area contributed by atoms with Crippen LogP contribution in [0.4, 0.5) is 0 Å². The largest absolute Gasteiger partial charge is 0.340 e. The van der Waals surface area contributed by atoms with E-state index in [-0.39, 0.29) is 22.5 Å². The molecule has 3 atom stereocenters. The van der Waals surface area contributed by atoms with Gasteiger partial charge in [-0.15, -0.1) is 13.2 Å². The Balaban J connectivity index is 2.59. The van der Waals surface area contributed by atoms with E-state index < -0.39 is 5.79 Å². The highest BCUT2D eigenvalue weighted by Crippen LogP contribution is 2.57. The zero-order valence-electron chi connectivity index (χ0n) is 18.0. The molecule has 1 aliphatic carbocycles. The summed E-state index contributed by atoms with van der Waals surface area (Å²) in [6.07, 6.45) is 14.3. The molecule has 0 unspecified atom stereocenters. The van der Waals surface area contributed by atoms with E-state index in [4.69, 9.17) is 9.47 Å². The summed E-state index contributed by atoms with van der Waals surface area (Å²) < 4.78 is 13.4. The minimum atomic E-state index is -0.591. The van der Waals surface area contributed by atoms with Gasteiger partial charge in [-0.05, 0) is 56.9 Å². The van der Waals surface area contributed by atoms with Gasteiger partial charge in [0.2, 0.25) is 0 Å². The van der Waals surface area contributed by atoms with Crippen LogP contribution in [-0.2, 0) is 9.47 Å². The molecule has 0 N–H and O–H groups in total. The summed E-state index contributed by atoms with van der Waals surface area (Å²) in [5.74, 6) is -0.591. The molecule has 2 nitrogen and oxygen atoms in total. The third kappa shape index (κ3) is 3.73. The molecule has 148 valence electrons. The van der Waals surface area contributed by atoms with Crippen molar-refractivity contribution in [2.24, 2.45) is 10.8 Å². The zero-order valence-corrected chi connectivity index (χ0v) is 18.0. The fourth-order valence-corrected chi connectivity index (χ4v) is 4.90. The van der Waals surface area contributed by atoms with Gasteiger partial charge in [0.05, 0.1) is 0 Å². The third-order valence-corrected chi connectivity index (χ3v) is 6.63. The number of unbranched alkanes of at least 4 members (excludes halogenated alkanes) is 1. The Kier molecular flexibility index (Phi) is 6.30. The summed E-state index contributed by atoms with van der Waals surface area (Å²) in [4.78, 5) is 0. The van der Waals surface area contributed by atoms with E-state index in [2.05, 4.69) is 72.9 Å². The van der Waals surface area contributed by atoms with Gasteiger partial charge in [0.15, 0.2) is 5.79 Å². The Bertz CT molecular complexity index is 557. The zero-order chi connectivity index (χ0) is 19.6. The minimum absolute atomic E-state index is 0.0395. The molecule has 0 aromatic rings. The van der Waals surface area contributed by atoms with Crippen molar-refractivity contribution in [1.29, 1.82) is 0 Å². The molecule has 26 heavy (non-hydrogen) atoms. The smallest absolute Gasteiger partial charge is 0.164 e. The summed E-state index contributed by atoms with van der Waals surface area (Å²) in [5, 5.41) is 0. The van der Waals surface area contributed by atoms with E-state index in [0.717, 1.165) is 32.1 Å². The second-order valence-electron chi connectivity index (χ2n) is 9.52. The lowest BCUT2D eigenvalue weighted by Crippen LogP contribution is -2.54. The van der Waals surface area contributed by atoms with Gasteiger partial charge in [-0.3, -0.25) is 0 Å². The van der Waals surface area contributed by atoms with Gasteiger partial charge in [-0.1, -0.05) is 58.8 Å². The Morgan fingerprint density at radius 2 is 1.96 bits per heavy atom. The topological polar surface area (TPSA) is 18.5 Å². The second-order valence-corrected chi connectivity index (χ2v) is 9.52. The molecule has 1 heterocycles. The van der Waals surface area contributed by atoms with Gasteiger partial charge >= 0.3 is 0 Å². The molecule has 2 aliphatic rings. The fraction of sp³-hybridized carbons (Fsp3) is 0.750. The standard InChI is InChI=1S/C24H40O2/c1-9-12-18-24(21(4,5)11-3)20(25-22(6,7)26-24)19-15-13-14-17-23(19,8)16-10-2/h10-11,15,20H,2-3,9,12-14,16-18H2,1,4-8H3/t20-,23+,24+/m0/s1. The predicted octanol–water partition coefficient (Wildman–Crippen LogP) is 6.97. The highest BCUT2D eigenvalue weighted by atomic mass is 16.8. The second kappa shape index (κ2) is 7.64. The van der Waals surface area contributed by atoms with Gasteiger partial charge in [-0.25, -0.2) is 0 Å². The molecule has 1 fully saturated rings. The number of rotatable bonds is 8. The highest BCUT2D eigenvalue weighted by Gasteiger charge is 2.61. The molecule has 0 amide bonds. The molecule has 1 saturated heterocycles. The maximum absolute atomic E-state index is 6.77. The monoisotopic (exact) mass is 360 g/mol. The van der Waals surface area contributed by atoms with Crippen molar-refractivity contribution in [1.82, 2.24) is 0 Å². The first-order valence-electron chi connectivity index (χ1n) is 10.4. The van der Waals surface area contributed by atoms with Crippen LogP contribution in [0, 0.1) is 10.8 Å². The van der Waals surface area contributed by atoms with Crippen LogP contribution < -0.4 is 0 Å². The molecular formula is C24H40O2. The Labute approximate surface area is 161 Å². The number of ether oxygens (including phenoxy) is 2. The maximum atomic E-state index is 6.77. The molecule has 1 aliphatic heterocycles. The van der Waals surface area contributed by atoms with Crippen molar-refractivity contribution < 1.29 is 9.47 Å². The first kappa shape index (κ1) is 21.4. The summed E-state index contributed by atoms with van der Waals surface area (Å²) in [6.45, 7) is 21.4. The van der Waals surface area contributed by atoms with Crippen LogP contribution in [-0.4, -0.2) is 17.5 Å². The van der Waals surface area contributed by atoms with Crippen LogP contribution >= 0.6 is 0 Å². The SMILES string of the molecule is C=CC[C@]1(C)CCCC=C1[C@@H]1OC(C)(C)O[C@@]1(CCCC)C(C)(C)C=C. The van der Waals surface area contributed by atoms with E-state index >= 15 is 0 Å². The normalized spacial score (nSPS) is 34.4. The molecule has 0 aromatic carbocycles. The quantitative estimate of drug-likeness (QED) is 0.435. The van der Waals surface area contributed by atoms with Crippen LogP contribution in [0.2, 0.25) is 0 Å². The van der Waals surface area contributed by atoms with Crippen molar-refractivity contribution in [2.45, 2.75) is 104 Å². The first-order valence-corrected chi connectivity index (χ1v) is 10.4. The van der Waals surface area contributed by atoms with Crippen LogP contribution in [0.15, 0.2) is 37.0 Å². The highest BCUT2D eigenvalue weighted by molar-refractivity contribution is 5.30. The summed E-state index contributed by atoms with van der Waals surface area (Å²) >= 11 is 0. The maximum Gasteiger partial charge on any atom is 0.164 e. The molecule has 2 rings (SSSR count). The molecule has 0 bridgehead atoms. The average Bonchev–Trinajstić information content (AvgIpc) is 2.85. The molecule has 2 heteroatoms. The van der Waals surface area contributed by atoms with E-state index in [1.54, 1.807) is 0 Å². The Morgan fingerprint density at radius 3 is 2.54 bits per heavy atom. The molecular weight excluding hydrogens is 320 g/mol. The van der Waals surface area contributed by atoms with E-state index in [1.165, 1.54) is 18.4 Å². The first-order chi connectivity index (χ1) is 12.1. The lowest BCUT2D eigenvalue weighted by atomic mass is 9.61. The van der Waals surface area contributed by atoms with Crippen molar-refractivity contribution in [3.63, 3.8) is 0 Å².